The van der Waals surface area contributed by atoms with E-state index in [1.807, 2.05) is 38.1 Å². The number of halogens is 1. The summed E-state index contributed by atoms with van der Waals surface area (Å²) in [5.41, 5.74) is 1.01. The highest BCUT2D eigenvalue weighted by Gasteiger charge is 2.18. The van der Waals surface area contributed by atoms with E-state index in [9.17, 15) is 4.79 Å². The van der Waals surface area contributed by atoms with Crippen LogP contribution in [0.25, 0.3) is 0 Å². The van der Waals surface area contributed by atoms with Crippen molar-refractivity contribution in [3.63, 3.8) is 0 Å². The molecule has 128 valence electrons. The summed E-state index contributed by atoms with van der Waals surface area (Å²) in [6, 6.07) is 14.6. The molecule has 1 N–H and O–H groups in total. The van der Waals surface area contributed by atoms with Gasteiger partial charge in [0.25, 0.3) is 5.91 Å². The molecule has 0 bridgehead atoms. The summed E-state index contributed by atoms with van der Waals surface area (Å²) in [6.45, 7) is 4.94. The standard InChI is InChI=1S/C19H22ClNO3/c1-3-18(24-17-11-7-15(20)8-12-17)19(22)21-13-14-5-9-16(10-6-14)23-4-2/h5-12,18H,3-4,13H2,1-2H3,(H,21,22)/t18-/m1/s1. The Kier molecular flexibility index (Phi) is 6.94. The third kappa shape index (κ3) is 5.46. The molecular formula is C19H22ClNO3. The molecule has 0 heterocycles. The van der Waals surface area contributed by atoms with Crippen LogP contribution in [0.3, 0.4) is 0 Å². The van der Waals surface area contributed by atoms with E-state index in [0.29, 0.717) is 30.3 Å². The Labute approximate surface area is 147 Å². The Hall–Kier alpha value is -2.20. The van der Waals surface area contributed by atoms with E-state index in [1.165, 1.54) is 0 Å². The molecule has 0 unspecified atom stereocenters. The Morgan fingerprint density at radius 3 is 2.25 bits per heavy atom. The van der Waals surface area contributed by atoms with Crippen LogP contribution in [0.5, 0.6) is 11.5 Å². The smallest absolute Gasteiger partial charge is 0.261 e. The van der Waals surface area contributed by atoms with Gasteiger partial charge in [0.15, 0.2) is 6.10 Å². The number of nitrogens with one attached hydrogen (secondary N) is 1. The fourth-order valence-corrected chi connectivity index (χ4v) is 2.30. The lowest BCUT2D eigenvalue weighted by Gasteiger charge is -2.17. The number of rotatable bonds is 8. The van der Waals surface area contributed by atoms with Crippen LogP contribution in [0.1, 0.15) is 25.8 Å². The summed E-state index contributed by atoms with van der Waals surface area (Å²) in [5.74, 6) is 1.31. The molecule has 4 nitrogen and oxygen atoms in total. The molecule has 0 aliphatic heterocycles. The summed E-state index contributed by atoms with van der Waals surface area (Å²) in [7, 11) is 0. The molecular weight excluding hydrogens is 326 g/mol. The molecule has 2 rings (SSSR count). The zero-order valence-corrected chi connectivity index (χ0v) is 14.7. The molecule has 0 saturated carbocycles. The second-order valence-electron chi connectivity index (χ2n) is 5.26. The average molecular weight is 348 g/mol. The third-order valence-electron chi connectivity index (χ3n) is 3.46. The number of carbonyl (C=O) groups is 1. The molecule has 1 atom stereocenters. The van der Waals surface area contributed by atoms with Crippen LogP contribution >= 0.6 is 11.6 Å². The van der Waals surface area contributed by atoms with Crippen LogP contribution in [-0.2, 0) is 11.3 Å². The number of carbonyl (C=O) groups excluding carboxylic acids is 1. The van der Waals surface area contributed by atoms with Crippen LogP contribution < -0.4 is 14.8 Å². The van der Waals surface area contributed by atoms with E-state index < -0.39 is 6.10 Å². The Morgan fingerprint density at radius 2 is 1.67 bits per heavy atom. The molecule has 0 spiro atoms. The molecule has 0 aromatic heterocycles. The van der Waals surface area contributed by atoms with Crippen molar-refractivity contribution in [1.82, 2.24) is 5.32 Å². The van der Waals surface area contributed by atoms with Crippen molar-refractivity contribution in [2.45, 2.75) is 32.9 Å². The van der Waals surface area contributed by atoms with Gasteiger partial charge in [0, 0.05) is 11.6 Å². The summed E-state index contributed by atoms with van der Waals surface area (Å²) in [5, 5.41) is 3.54. The lowest BCUT2D eigenvalue weighted by Crippen LogP contribution is -2.37. The summed E-state index contributed by atoms with van der Waals surface area (Å²) < 4.78 is 11.1. The summed E-state index contributed by atoms with van der Waals surface area (Å²) >= 11 is 5.85. The monoisotopic (exact) mass is 347 g/mol. The highest BCUT2D eigenvalue weighted by Crippen LogP contribution is 2.18. The van der Waals surface area contributed by atoms with Gasteiger partial charge in [-0.1, -0.05) is 30.7 Å². The molecule has 0 fully saturated rings. The molecule has 1 amide bonds. The van der Waals surface area contributed by atoms with Gasteiger partial charge in [-0.3, -0.25) is 4.79 Å². The van der Waals surface area contributed by atoms with Gasteiger partial charge in [-0.25, -0.2) is 0 Å². The van der Waals surface area contributed by atoms with Gasteiger partial charge >= 0.3 is 0 Å². The van der Waals surface area contributed by atoms with Gasteiger partial charge < -0.3 is 14.8 Å². The van der Waals surface area contributed by atoms with Crippen molar-refractivity contribution in [1.29, 1.82) is 0 Å². The molecule has 0 aliphatic rings. The second-order valence-corrected chi connectivity index (χ2v) is 5.70. The molecule has 5 heteroatoms. The largest absolute Gasteiger partial charge is 0.494 e. The second kappa shape index (κ2) is 9.18. The molecule has 0 aliphatic carbocycles. The van der Waals surface area contributed by atoms with Gasteiger partial charge in [0.1, 0.15) is 11.5 Å². The van der Waals surface area contributed by atoms with Crippen LogP contribution in [0, 0.1) is 0 Å². The van der Waals surface area contributed by atoms with E-state index in [2.05, 4.69) is 5.32 Å². The number of hydrogen-bond donors (Lipinski definition) is 1. The van der Waals surface area contributed by atoms with Crippen LogP contribution in [0.4, 0.5) is 0 Å². The molecule has 0 saturated heterocycles. The maximum absolute atomic E-state index is 12.3. The predicted molar refractivity (Wildman–Crippen MR) is 95.6 cm³/mol. The SMILES string of the molecule is CCOc1ccc(CNC(=O)[C@@H](CC)Oc2ccc(Cl)cc2)cc1. The number of hydrogen-bond acceptors (Lipinski definition) is 3. The fourth-order valence-electron chi connectivity index (χ4n) is 2.17. The van der Waals surface area contributed by atoms with E-state index >= 15 is 0 Å². The van der Waals surface area contributed by atoms with E-state index in [-0.39, 0.29) is 5.91 Å². The minimum atomic E-state index is -0.533. The Morgan fingerprint density at radius 1 is 1.04 bits per heavy atom. The minimum absolute atomic E-state index is 0.138. The van der Waals surface area contributed by atoms with E-state index in [0.717, 1.165) is 11.3 Å². The van der Waals surface area contributed by atoms with Crippen LogP contribution in [-0.4, -0.2) is 18.6 Å². The molecule has 2 aromatic rings. The highest BCUT2D eigenvalue weighted by atomic mass is 35.5. The van der Waals surface area contributed by atoms with Gasteiger partial charge in [0.2, 0.25) is 0 Å². The zero-order valence-electron chi connectivity index (χ0n) is 13.9. The number of ether oxygens (including phenoxy) is 2. The first-order valence-electron chi connectivity index (χ1n) is 8.04. The normalized spacial score (nSPS) is 11.6. The first kappa shape index (κ1) is 18.1. The topological polar surface area (TPSA) is 47.6 Å². The van der Waals surface area contributed by atoms with Gasteiger partial charge in [-0.05, 0) is 55.3 Å². The third-order valence-corrected chi connectivity index (χ3v) is 3.71. The summed E-state index contributed by atoms with van der Waals surface area (Å²) in [6.07, 6.45) is 0.0476. The predicted octanol–water partition coefficient (Wildman–Crippen LogP) is 4.21. The van der Waals surface area contributed by atoms with Crippen molar-refractivity contribution in [2.24, 2.45) is 0 Å². The van der Waals surface area contributed by atoms with Crippen molar-refractivity contribution in [3.05, 3.63) is 59.1 Å². The van der Waals surface area contributed by atoms with Gasteiger partial charge in [-0.2, -0.15) is 0 Å². The van der Waals surface area contributed by atoms with Crippen molar-refractivity contribution >= 4 is 17.5 Å². The maximum Gasteiger partial charge on any atom is 0.261 e. The summed E-state index contributed by atoms with van der Waals surface area (Å²) in [4.78, 5) is 12.3. The fraction of sp³-hybridized carbons (Fsp3) is 0.316. The van der Waals surface area contributed by atoms with E-state index in [1.54, 1.807) is 24.3 Å². The van der Waals surface area contributed by atoms with Crippen molar-refractivity contribution in [2.75, 3.05) is 6.61 Å². The van der Waals surface area contributed by atoms with Crippen molar-refractivity contribution < 1.29 is 14.3 Å². The lowest BCUT2D eigenvalue weighted by molar-refractivity contribution is -0.128. The quantitative estimate of drug-likeness (QED) is 0.778. The number of benzene rings is 2. The minimum Gasteiger partial charge on any atom is -0.494 e. The Bertz CT molecular complexity index is 641. The zero-order chi connectivity index (χ0) is 17.4. The van der Waals surface area contributed by atoms with Gasteiger partial charge in [-0.15, -0.1) is 0 Å². The Balaban J connectivity index is 1.88. The van der Waals surface area contributed by atoms with Crippen molar-refractivity contribution in [3.8, 4) is 11.5 Å². The van der Waals surface area contributed by atoms with E-state index in [4.69, 9.17) is 21.1 Å². The molecule has 2 aromatic carbocycles. The average Bonchev–Trinajstić information content (AvgIpc) is 2.60. The van der Waals surface area contributed by atoms with Gasteiger partial charge in [0.05, 0.1) is 6.61 Å². The first-order chi connectivity index (χ1) is 11.6. The lowest BCUT2D eigenvalue weighted by atomic mass is 10.2. The van der Waals surface area contributed by atoms with Crippen LogP contribution in [0.2, 0.25) is 5.02 Å². The molecule has 0 radical (unpaired) electrons. The van der Waals surface area contributed by atoms with Crippen LogP contribution in [0.15, 0.2) is 48.5 Å². The molecule has 24 heavy (non-hydrogen) atoms. The maximum atomic E-state index is 12.3. The highest BCUT2D eigenvalue weighted by molar-refractivity contribution is 6.30. The first-order valence-corrected chi connectivity index (χ1v) is 8.41. The number of amides is 1.